The van der Waals surface area contributed by atoms with E-state index in [4.69, 9.17) is 0 Å². The molecule has 33 heavy (non-hydrogen) atoms. The molecule has 2 aromatic heterocycles. The Kier molecular flexibility index (Phi) is 6.44. The second-order valence-electron chi connectivity index (χ2n) is 8.86. The largest absolute Gasteiger partial charge is 0.339 e. The maximum Gasteiger partial charge on any atom is 0.312 e. The summed E-state index contributed by atoms with van der Waals surface area (Å²) in [5, 5.41) is 4.58. The number of aromatic nitrogens is 4. The van der Waals surface area contributed by atoms with Crippen LogP contribution in [0.15, 0.2) is 6.07 Å². The standard InChI is InChI=1S/C23H31N7O3/c1-15-13-16(2)25-23(24-15)30-18(4)19(17(3)26-30)14-20(31)27-9-11-29(12-10-27)22(33)21(32)28-7-5-6-8-28/h13H,5-12,14H2,1-4H3. The summed E-state index contributed by atoms with van der Waals surface area (Å²) < 4.78 is 1.69. The van der Waals surface area contributed by atoms with Gasteiger partial charge in [-0.1, -0.05) is 0 Å². The minimum absolute atomic E-state index is 0.0138. The predicted molar refractivity (Wildman–Crippen MR) is 121 cm³/mol. The Balaban J connectivity index is 1.39. The number of likely N-dealkylation sites (tertiary alicyclic amines) is 1. The zero-order valence-corrected chi connectivity index (χ0v) is 19.8. The van der Waals surface area contributed by atoms with E-state index in [9.17, 15) is 14.4 Å². The van der Waals surface area contributed by atoms with Gasteiger partial charge in [-0.25, -0.2) is 14.6 Å². The molecule has 2 fully saturated rings. The van der Waals surface area contributed by atoms with Gasteiger partial charge < -0.3 is 14.7 Å². The van der Waals surface area contributed by atoms with Crippen LogP contribution >= 0.6 is 0 Å². The summed E-state index contributed by atoms with van der Waals surface area (Å²) in [6, 6.07) is 1.91. The average molecular weight is 454 g/mol. The Hall–Kier alpha value is -3.30. The van der Waals surface area contributed by atoms with Crippen LogP contribution in [0.2, 0.25) is 0 Å². The van der Waals surface area contributed by atoms with Gasteiger partial charge in [0.15, 0.2) is 0 Å². The molecule has 0 radical (unpaired) electrons. The summed E-state index contributed by atoms with van der Waals surface area (Å²) in [6.07, 6.45) is 2.13. The second-order valence-corrected chi connectivity index (χ2v) is 8.86. The minimum Gasteiger partial charge on any atom is -0.339 e. The number of nitrogens with zero attached hydrogens (tertiary/aromatic N) is 7. The molecule has 0 spiro atoms. The van der Waals surface area contributed by atoms with Gasteiger partial charge in [0.05, 0.1) is 12.1 Å². The summed E-state index contributed by atoms with van der Waals surface area (Å²) in [5.41, 5.74) is 4.20. The average Bonchev–Trinajstić information content (AvgIpc) is 3.42. The van der Waals surface area contributed by atoms with E-state index in [1.807, 2.05) is 33.8 Å². The molecule has 10 nitrogen and oxygen atoms in total. The van der Waals surface area contributed by atoms with Crippen molar-refractivity contribution in [1.82, 2.24) is 34.4 Å². The number of carbonyl (C=O) groups excluding carboxylic acids is 3. The van der Waals surface area contributed by atoms with E-state index in [0.29, 0.717) is 45.2 Å². The van der Waals surface area contributed by atoms with Crippen molar-refractivity contribution in [1.29, 1.82) is 0 Å². The molecule has 10 heteroatoms. The molecule has 0 aromatic carbocycles. The summed E-state index contributed by atoms with van der Waals surface area (Å²) in [7, 11) is 0. The summed E-state index contributed by atoms with van der Waals surface area (Å²) >= 11 is 0. The normalized spacial score (nSPS) is 16.4. The lowest BCUT2D eigenvalue weighted by Gasteiger charge is -2.35. The van der Waals surface area contributed by atoms with Crippen LogP contribution in [0.5, 0.6) is 0 Å². The first kappa shape index (κ1) is 22.9. The van der Waals surface area contributed by atoms with Crippen LogP contribution in [-0.2, 0) is 20.8 Å². The van der Waals surface area contributed by atoms with Crippen LogP contribution in [0.1, 0.15) is 41.2 Å². The van der Waals surface area contributed by atoms with Crippen LogP contribution in [0.25, 0.3) is 5.95 Å². The minimum atomic E-state index is -0.453. The Morgan fingerprint density at radius 2 is 1.30 bits per heavy atom. The Labute approximate surface area is 193 Å². The SMILES string of the molecule is Cc1cc(C)nc(-n2nc(C)c(CC(=O)N3CCN(C(=O)C(=O)N4CCCC4)CC3)c2C)n1. The number of hydrogen-bond donors (Lipinski definition) is 0. The third kappa shape index (κ3) is 4.74. The van der Waals surface area contributed by atoms with Crippen LogP contribution in [0.4, 0.5) is 0 Å². The molecule has 4 rings (SSSR count). The molecule has 2 aromatic rings. The lowest BCUT2D eigenvalue weighted by molar-refractivity contribution is -0.153. The fraction of sp³-hybridized carbons (Fsp3) is 0.565. The zero-order valence-electron chi connectivity index (χ0n) is 19.8. The number of piperazine rings is 1. The van der Waals surface area contributed by atoms with Gasteiger partial charge in [-0.15, -0.1) is 0 Å². The monoisotopic (exact) mass is 453 g/mol. The molecule has 0 atom stereocenters. The predicted octanol–water partition coefficient (Wildman–Crippen LogP) is 0.732. The van der Waals surface area contributed by atoms with E-state index >= 15 is 0 Å². The molecule has 2 aliphatic heterocycles. The van der Waals surface area contributed by atoms with E-state index < -0.39 is 11.8 Å². The first-order chi connectivity index (χ1) is 15.7. The van der Waals surface area contributed by atoms with Crippen LogP contribution in [0, 0.1) is 27.7 Å². The summed E-state index contributed by atoms with van der Waals surface area (Å²) in [6.45, 7) is 10.5. The quantitative estimate of drug-likeness (QED) is 0.635. The molecule has 0 aliphatic carbocycles. The molecule has 0 N–H and O–H groups in total. The zero-order chi connectivity index (χ0) is 23.7. The number of aryl methyl sites for hydroxylation is 3. The fourth-order valence-electron chi connectivity index (χ4n) is 4.54. The number of carbonyl (C=O) groups is 3. The van der Waals surface area contributed by atoms with E-state index in [1.54, 1.807) is 19.4 Å². The molecular weight excluding hydrogens is 422 g/mol. The lowest BCUT2D eigenvalue weighted by Crippen LogP contribution is -2.54. The molecule has 4 heterocycles. The first-order valence-electron chi connectivity index (χ1n) is 11.5. The topological polar surface area (TPSA) is 105 Å². The third-order valence-electron chi connectivity index (χ3n) is 6.42. The number of rotatable bonds is 3. The van der Waals surface area contributed by atoms with Crippen molar-refractivity contribution in [3.8, 4) is 5.95 Å². The summed E-state index contributed by atoms with van der Waals surface area (Å²) in [5.74, 6) is -0.383. The van der Waals surface area contributed by atoms with E-state index in [-0.39, 0.29) is 12.3 Å². The van der Waals surface area contributed by atoms with Gasteiger partial charge >= 0.3 is 11.8 Å². The highest BCUT2D eigenvalue weighted by atomic mass is 16.2. The van der Waals surface area contributed by atoms with Gasteiger partial charge in [-0.3, -0.25) is 14.4 Å². The lowest BCUT2D eigenvalue weighted by atomic mass is 10.1. The van der Waals surface area contributed by atoms with E-state index in [2.05, 4.69) is 15.1 Å². The molecule has 0 saturated carbocycles. The van der Waals surface area contributed by atoms with Gasteiger partial charge in [-0.05, 0) is 46.6 Å². The van der Waals surface area contributed by atoms with Crippen molar-refractivity contribution < 1.29 is 14.4 Å². The van der Waals surface area contributed by atoms with E-state index in [1.165, 1.54) is 0 Å². The van der Waals surface area contributed by atoms with Crippen LogP contribution < -0.4 is 0 Å². The second kappa shape index (κ2) is 9.29. The van der Waals surface area contributed by atoms with Gasteiger partial charge in [0.1, 0.15) is 0 Å². The Bertz CT molecular complexity index is 1060. The Morgan fingerprint density at radius 3 is 1.88 bits per heavy atom. The molecule has 0 bridgehead atoms. The highest BCUT2D eigenvalue weighted by molar-refractivity contribution is 6.35. The number of hydrogen-bond acceptors (Lipinski definition) is 6. The Morgan fingerprint density at radius 1 is 0.788 bits per heavy atom. The maximum atomic E-state index is 13.0. The van der Waals surface area contributed by atoms with Crippen molar-refractivity contribution in [3.05, 3.63) is 34.4 Å². The van der Waals surface area contributed by atoms with Gasteiger partial charge in [0.2, 0.25) is 5.91 Å². The fourth-order valence-corrected chi connectivity index (χ4v) is 4.54. The van der Waals surface area contributed by atoms with Gasteiger partial charge in [0, 0.05) is 61.9 Å². The molecule has 176 valence electrons. The van der Waals surface area contributed by atoms with Crippen molar-refractivity contribution in [2.75, 3.05) is 39.3 Å². The van der Waals surface area contributed by atoms with Crippen molar-refractivity contribution in [2.24, 2.45) is 0 Å². The molecule has 2 saturated heterocycles. The molecular formula is C23H31N7O3. The van der Waals surface area contributed by atoms with Gasteiger partial charge in [-0.2, -0.15) is 5.10 Å². The van der Waals surface area contributed by atoms with Crippen LogP contribution in [-0.4, -0.2) is 91.4 Å². The molecule has 0 unspecified atom stereocenters. The van der Waals surface area contributed by atoms with Gasteiger partial charge in [0.25, 0.3) is 5.95 Å². The number of amides is 3. The summed E-state index contributed by atoms with van der Waals surface area (Å²) in [4.78, 5) is 51.8. The molecule has 3 amide bonds. The van der Waals surface area contributed by atoms with E-state index in [0.717, 1.165) is 41.2 Å². The highest BCUT2D eigenvalue weighted by Crippen LogP contribution is 2.19. The highest BCUT2D eigenvalue weighted by Gasteiger charge is 2.32. The van der Waals surface area contributed by atoms with Crippen LogP contribution in [0.3, 0.4) is 0 Å². The third-order valence-corrected chi connectivity index (χ3v) is 6.42. The first-order valence-corrected chi connectivity index (χ1v) is 11.5. The molecule has 2 aliphatic rings. The van der Waals surface area contributed by atoms with Crippen molar-refractivity contribution in [3.63, 3.8) is 0 Å². The van der Waals surface area contributed by atoms with Crippen molar-refractivity contribution >= 4 is 17.7 Å². The van der Waals surface area contributed by atoms with Crippen molar-refractivity contribution in [2.45, 2.75) is 47.0 Å². The maximum absolute atomic E-state index is 13.0. The smallest absolute Gasteiger partial charge is 0.312 e.